The summed E-state index contributed by atoms with van der Waals surface area (Å²) in [7, 11) is 0. The van der Waals surface area contributed by atoms with E-state index in [4.69, 9.17) is 16.6 Å². The second-order valence-electron chi connectivity index (χ2n) is 9.08. The Morgan fingerprint density at radius 2 is 1.48 bits per heavy atom. The summed E-state index contributed by atoms with van der Waals surface area (Å²) >= 11 is 0. The van der Waals surface area contributed by atoms with Crippen molar-refractivity contribution in [1.29, 1.82) is 0 Å². The molecule has 0 saturated heterocycles. The lowest BCUT2D eigenvalue weighted by molar-refractivity contribution is -0.139. The highest BCUT2D eigenvalue weighted by molar-refractivity contribution is 5.97. The third-order valence-electron chi connectivity index (χ3n) is 6.07. The Morgan fingerprint density at radius 3 is 2.14 bits per heavy atom. The minimum Gasteiger partial charge on any atom is -0.480 e. The summed E-state index contributed by atoms with van der Waals surface area (Å²) in [4.78, 5) is 64.0. The van der Waals surface area contributed by atoms with Gasteiger partial charge in [0.25, 0.3) is 11.8 Å². The number of rotatable bonds is 12. The highest BCUT2D eigenvalue weighted by atomic mass is 16.4. The normalized spacial score (nSPS) is 11.4. The standard InChI is InChI=1S/C27H27N9O6/c28-21-20-22(36-27(29)35-21)32-13-18(33-20)12-31-17-9-7-15(8-10-17)24(38)34-19(26(41)42)2-1-11-30-23(37)14-3-5-16(6-4-14)25(39)40/h3-10,13,19,31H,1-2,11-12H2,(H,30,37)(H,34,38)(H,39,40)(H,41,42)(H4,28,29,32,35,36)/t19-/m0/s1. The van der Waals surface area contributed by atoms with E-state index in [1.165, 1.54) is 30.5 Å². The Morgan fingerprint density at radius 1 is 0.833 bits per heavy atom. The third-order valence-corrected chi connectivity index (χ3v) is 6.07. The molecule has 0 fully saturated rings. The number of amides is 2. The molecule has 42 heavy (non-hydrogen) atoms. The SMILES string of the molecule is Nc1nc(N)c2nc(CNc3ccc(C(=O)N[C@@H](CCCNC(=O)c4ccc(C(=O)O)cc4)C(=O)O)cc3)cnc2n1. The molecule has 0 radical (unpaired) electrons. The number of benzene rings is 2. The van der Waals surface area contributed by atoms with E-state index in [1.54, 1.807) is 24.3 Å². The minimum atomic E-state index is -1.21. The largest absolute Gasteiger partial charge is 0.480 e. The lowest BCUT2D eigenvalue weighted by Crippen LogP contribution is -2.41. The number of carboxylic acid groups (broad SMARTS) is 2. The van der Waals surface area contributed by atoms with Gasteiger partial charge in [-0.05, 0) is 61.4 Å². The monoisotopic (exact) mass is 573 g/mol. The van der Waals surface area contributed by atoms with Crippen molar-refractivity contribution in [3.05, 3.63) is 77.1 Å². The van der Waals surface area contributed by atoms with Gasteiger partial charge >= 0.3 is 11.9 Å². The van der Waals surface area contributed by atoms with Crippen LogP contribution in [-0.4, -0.2) is 66.5 Å². The minimum absolute atomic E-state index is 0.00601. The van der Waals surface area contributed by atoms with Gasteiger partial charge in [0, 0.05) is 23.4 Å². The Balaban J connectivity index is 1.25. The molecule has 0 bridgehead atoms. The number of nitrogens with one attached hydrogen (secondary N) is 3. The predicted molar refractivity (Wildman–Crippen MR) is 152 cm³/mol. The number of nitrogens with zero attached hydrogens (tertiary/aromatic N) is 4. The lowest BCUT2D eigenvalue weighted by Gasteiger charge is -2.15. The van der Waals surface area contributed by atoms with Gasteiger partial charge in [-0.2, -0.15) is 9.97 Å². The van der Waals surface area contributed by atoms with Crippen molar-refractivity contribution in [3.8, 4) is 0 Å². The molecule has 0 aliphatic heterocycles. The van der Waals surface area contributed by atoms with Gasteiger partial charge in [-0.3, -0.25) is 9.59 Å². The van der Waals surface area contributed by atoms with Gasteiger partial charge in [-0.25, -0.2) is 19.6 Å². The summed E-state index contributed by atoms with van der Waals surface area (Å²) in [6.45, 7) is 0.457. The Hall–Kier alpha value is -5.86. The molecule has 216 valence electrons. The van der Waals surface area contributed by atoms with Crippen LogP contribution in [0.4, 0.5) is 17.5 Å². The van der Waals surface area contributed by atoms with Crippen LogP contribution < -0.4 is 27.4 Å². The summed E-state index contributed by atoms with van der Waals surface area (Å²) < 4.78 is 0. The fourth-order valence-corrected chi connectivity index (χ4v) is 3.87. The number of aromatic nitrogens is 4. The molecule has 0 aliphatic rings. The van der Waals surface area contributed by atoms with E-state index in [1.807, 2.05) is 0 Å². The molecule has 9 N–H and O–H groups in total. The maximum Gasteiger partial charge on any atom is 0.335 e. The van der Waals surface area contributed by atoms with Gasteiger partial charge in [0.2, 0.25) is 5.95 Å². The first-order valence-corrected chi connectivity index (χ1v) is 12.6. The quantitative estimate of drug-likeness (QED) is 0.118. The molecular formula is C27H27N9O6. The van der Waals surface area contributed by atoms with E-state index in [2.05, 4.69) is 35.9 Å². The van der Waals surface area contributed by atoms with Crippen LogP contribution in [-0.2, 0) is 11.3 Å². The van der Waals surface area contributed by atoms with Gasteiger partial charge in [0.1, 0.15) is 6.04 Å². The number of fused-ring (bicyclic) bond motifs is 1. The van der Waals surface area contributed by atoms with Gasteiger partial charge in [0.15, 0.2) is 17.0 Å². The zero-order chi connectivity index (χ0) is 30.2. The predicted octanol–water partition coefficient (Wildman–Crippen LogP) is 1.29. The number of nitrogens with two attached hydrogens (primary N) is 2. The second kappa shape index (κ2) is 13.0. The maximum atomic E-state index is 12.7. The van der Waals surface area contributed by atoms with Crippen molar-refractivity contribution in [1.82, 2.24) is 30.6 Å². The molecule has 0 spiro atoms. The van der Waals surface area contributed by atoms with Crippen LogP contribution in [0.3, 0.4) is 0 Å². The number of carbonyl (C=O) groups is 4. The summed E-state index contributed by atoms with van der Waals surface area (Å²) in [5, 5.41) is 26.8. The van der Waals surface area contributed by atoms with Crippen molar-refractivity contribution in [2.45, 2.75) is 25.4 Å². The lowest BCUT2D eigenvalue weighted by atomic mass is 10.1. The van der Waals surface area contributed by atoms with Gasteiger partial charge < -0.3 is 37.6 Å². The highest BCUT2D eigenvalue weighted by Gasteiger charge is 2.20. The number of hydrogen-bond donors (Lipinski definition) is 7. The number of hydrogen-bond acceptors (Lipinski definition) is 11. The van der Waals surface area contributed by atoms with Gasteiger partial charge in [-0.1, -0.05) is 0 Å². The average molecular weight is 574 g/mol. The molecule has 0 unspecified atom stereocenters. The Kier molecular flexibility index (Phi) is 9.01. The number of carbonyl (C=O) groups excluding carboxylic acids is 2. The number of anilines is 3. The molecule has 0 aliphatic carbocycles. The summed E-state index contributed by atoms with van der Waals surface area (Å²) in [5.41, 5.74) is 13.9. The third kappa shape index (κ3) is 7.41. The van der Waals surface area contributed by atoms with Crippen LogP contribution >= 0.6 is 0 Å². The van der Waals surface area contributed by atoms with E-state index in [0.29, 0.717) is 23.4 Å². The summed E-state index contributed by atoms with van der Waals surface area (Å²) in [6, 6.07) is 10.7. The van der Waals surface area contributed by atoms with Gasteiger partial charge in [0.05, 0.1) is 24.0 Å². The van der Waals surface area contributed by atoms with Crippen LogP contribution in [0.5, 0.6) is 0 Å². The smallest absolute Gasteiger partial charge is 0.335 e. The van der Waals surface area contributed by atoms with Crippen molar-refractivity contribution in [2.24, 2.45) is 0 Å². The number of carboxylic acids is 2. The van der Waals surface area contributed by atoms with E-state index in [-0.39, 0.29) is 53.5 Å². The van der Waals surface area contributed by atoms with Crippen LogP contribution in [0.25, 0.3) is 11.2 Å². The number of nitrogen functional groups attached to an aromatic ring is 2. The topological polar surface area (TPSA) is 248 Å². The Labute approximate surface area is 238 Å². The molecule has 15 heteroatoms. The molecule has 2 heterocycles. The fraction of sp³-hybridized carbons (Fsp3) is 0.185. The van der Waals surface area contributed by atoms with E-state index >= 15 is 0 Å². The van der Waals surface area contributed by atoms with Crippen LogP contribution in [0.15, 0.2) is 54.7 Å². The van der Waals surface area contributed by atoms with Crippen LogP contribution in [0, 0.1) is 0 Å². The molecule has 2 amide bonds. The van der Waals surface area contributed by atoms with E-state index in [0.717, 1.165) is 0 Å². The fourth-order valence-electron chi connectivity index (χ4n) is 3.87. The molecule has 2 aromatic heterocycles. The summed E-state index contributed by atoms with van der Waals surface area (Å²) in [6.07, 6.45) is 1.88. The molecule has 2 aromatic carbocycles. The molecule has 15 nitrogen and oxygen atoms in total. The van der Waals surface area contributed by atoms with Crippen LogP contribution in [0.1, 0.15) is 49.6 Å². The first-order chi connectivity index (χ1) is 20.1. The zero-order valence-corrected chi connectivity index (χ0v) is 22.1. The van der Waals surface area contributed by atoms with Crippen molar-refractivity contribution in [3.63, 3.8) is 0 Å². The van der Waals surface area contributed by atoms with Crippen molar-refractivity contribution >= 4 is 52.4 Å². The van der Waals surface area contributed by atoms with E-state index < -0.39 is 29.8 Å². The first-order valence-electron chi connectivity index (χ1n) is 12.6. The number of aliphatic carboxylic acids is 1. The first kappa shape index (κ1) is 29.1. The van der Waals surface area contributed by atoms with E-state index in [9.17, 15) is 24.3 Å². The van der Waals surface area contributed by atoms with Gasteiger partial charge in [-0.15, -0.1) is 0 Å². The molecule has 1 atom stereocenters. The maximum absolute atomic E-state index is 12.7. The highest BCUT2D eigenvalue weighted by Crippen LogP contribution is 2.16. The molecule has 4 rings (SSSR count). The Bertz CT molecular complexity index is 1630. The summed E-state index contributed by atoms with van der Waals surface area (Å²) in [5.74, 6) is -3.16. The molecule has 0 saturated carbocycles. The zero-order valence-electron chi connectivity index (χ0n) is 22.1. The van der Waals surface area contributed by atoms with Crippen LogP contribution in [0.2, 0.25) is 0 Å². The number of aromatic carboxylic acids is 1. The average Bonchev–Trinajstić information content (AvgIpc) is 2.97. The second-order valence-corrected chi connectivity index (χ2v) is 9.08. The molecular weight excluding hydrogens is 546 g/mol. The van der Waals surface area contributed by atoms with Crippen molar-refractivity contribution < 1.29 is 29.4 Å². The van der Waals surface area contributed by atoms with Crippen molar-refractivity contribution in [2.75, 3.05) is 23.3 Å². The molecule has 4 aromatic rings.